The Morgan fingerprint density at radius 2 is 2.11 bits per heavy atom. The van der Waals surface area contributed by atoms with E-state index < -0.39 is 0 Å². The Hall–Kier alpha value is -1.23. The third-order valence-corrected chi connectivity index (χ3v) is 4.56. The first kappa shape index (κ1) is 12.8. The number of nitrogens with zero attached hydrogens (tertiary/aromatic N) is 3. The fourth-order valence-corrected chi connectivity index (χ4v) is 3.30. The highest BCUT2D eigenvalue weighted by Gasteiger charge is 2.33. The van der Waals surface area contributed by atoms with Crippen molar-refractivity contribution in [3.8, 4) is 0 Å². The van der Waals surface area contributed by atoms with Gasteiger partial charge in [-0.25, -0.2) is 0 Å². The monoisotopic (exact) mass is 282 g/mol. The number of nitrogens with two attached hydrogens (primary N) is 1. The van der Waals surface area contributed by atoms with E-state index in [9.17, 15) is 4.79 Å². The van der Waals surface area contributed by atoms with Gasteiger partial charge >= 0.3 is 0 Å². The van der Waals surface area contributed by atoms with Gasteiger partial charge in [0.05, 0.1) is 11.7 Å². The van der Waals surface area contributed by atoms with Crippen LogP contribution in [0, 0.1) is 5.92 Å². The molecule has 0 aromatic carbocycles. The largest absolute Gasteiger partial charge is 0.395 e. The van der Waals surface area contributed by atoms with Gasteiger partial charge in [0.25, 0.3) is 0 Å². The van der Waals surface area contributed by atoms with Crippen LogP contribution in [0.3, 0.4) is 0 Å². The molecule has 1 atom stereocenters. The van der Waals surface area contributed by atoms with Crippen LogP contribution in [0.15, 0.2) is 6.20 Å². The number of rotatable bonds is 2. The van der Waals surface area contributed by atoms with E-state index in [4.69, 9.17) is 17.3 Å². The van der Waals surface area contributed by atoms with Crippen molar-refractivity contribution in [2.45, 2.75) is 38.1 Å². The van der Waals surface area contributed by atoms with E-state index in [0.29, 0.717) is 16.7 Å². The fraction of sp³-hybridized carbons (Fsp3) is 0.692. The van der Waals surface area contributed by atoms with Gasteiger partial charge in [-0.1, -0.05) is 24.4 Å². The van der Waals surface area contributed by atoms with Crippen molar-refractivity contribution in [2.75, 3.05) is 18.8 Å². The summed E-state index contributed by atoms with van der Waals surface area (Å²) in [6.45, 7) is 1.55. The lowest BCUT2D eigenvalue weighted by molar-refractivity contribution is -0.134. The molecule has 1 saturated carbocycles. The number of nitrogen functional groups attached to an aromatic ring is 1. The number of hydrogen-bond donors (Lipinski definition) is 1. The molecule has 1 amide bonds. The first-order chi connectivity index (χ1) is 9.15. The van der Waals surface area contributed by atoms with E-state index in [0.717, 1.165) is 32.4 Å². The predicted octanol–water partition coefficient (Wildman–Crippen LogP) is 2.08. The molecule has 5 nitrogen and oxygen atoms in total. The second-order valence-electron chi connectivity index (χ2n) is 5.56. The van der Waals surface area contributed by atoms with Crippen molar-refractivity contribution in [3.63, 3.8) is 0 Å². The minimum absolute atomic E-state index is 0.208. The summed E-state index contributed by atoms with van der Waals surface area (Å²) in [7, 11) is 0. The fourth-order valence-electron chi connectivity index (χ4n) is 3.16. The summed E-state index contributed by atoms with van der Waals surface area (Å²) in [5, 5.41) is 4.55. The number of amides is 1. The maximum Gasteiger partial charge on any atom is 0.225 e. The van der Waals surface area contributed by atoms with E-state index >= 15 is 0 Å². The molecular formula is C13H19ClN4O. The Kier molecular flexibility index (Phi) is 3.39. The number of carbonyl (C=O) groups is 1. The Labute approximate surface area is 117 Å². The molecule has 1 aliphatic heterocycles. The number of anilines is 1. The summed E-state index contributed by atoms with van der Waals surface area (Å²) in [6, 6.07) is 0.208. The maximum atomic E-state index is 12.3. The second kappa shape index (κ2) is 5.04. The quantitative estimate of drug-likeness (QED) is 0.903. The van der Waals surface area contributed by atoms with Crippen LogP contribution in [0.2, 0.25) is 5.15 Å². The van der Waals surface area contributed by atoms with Crippen molar-refractivity contribution >= 4 is 23.2 Å². The molecule has 2 aliphatic rings. The van der Waals surface area contributed by atoms with E-state index in [1.54, 1.807) is 10.9 Å². The normalized spacial score (nSPS) is 24.3. The smallest absolute Gasteiger partial charge is 0.225 e. The topological polar surface area (TPSA) is 64.2 Å². The van der Waals surface area contributed by atoms with Crippen LogP contribution in [-0.4, -0.2) is 33.7 Å². The minimum atomic E-state index is 0.208. The molecule has 0 radical (unpaired) electrons. The van der Waals surface area contributed by atoms with Gasteiger partial charge in [-0.15, -0.1) is 0 Å². The lowest BCUT2D eigenvalue weighted by Gasteiger charge is -2.20. The van der Waals surface area contributed by atoms with Crippen molar-refractivity contribution in [2.24, 2.45) is 5.92 Å². The van der Waals surface area contributed by atoms with Gasteiger partial charge in [0.15, 0.2) is 5.15 Å². The van der Waals surface area contributed by atoms with Crippen LogP contribution in [0.5, 0.6) is 0 Å². The summed E-state index contributed by atoms with van der Waals surface area (Å²) < 4.78 is 1.81. The molecule has 1 saturated heterocycles. The van der Waals surface area contributed by atoms with E-state index in [2.05, 4.69) is 5.10 Å². The average molecular weight is 283 g/mol. The standard InChI is InChI=1S/C13H19ClN4O/c14-12-11(15)8-18(16-12)10-5-6-17(7-10)13(19)9-3-1-2-4-9/h8-10H,1-7,15H2/t10-/m0/s1. The molecule has 0 bridgehead atoms. The zero-order chi connectivity index (χ0) is 13.4. The van der Waals surface area contributed by atoms with Crippen molar-refractivity contribution < 1.29 is 4.79 Å². The molecule has 2 heterocycles. The van der Waals surface area contributed by atoms with E-state index in [1.807, 2.05) is 4.90 Å². The first-order valence-corrected chi connectivity index (χ1v) is 7.32. The molecule has 2 N–H and O–H groups in total. The van der Waals surface area contributed by atoms with Crippen LogP contribution in [0.1, 0.15) is 38.1 Å². The van der Waals surface area contributed by atoms with E-state index in [1.165, 1.54) is 12.8 Å². The number of likely N-dealkylation sites (tertiary alicyclic amines) is 1. The zero-order valence-electron chi connectivity index (χ0n) is 10.9. The molecular weight excluding hydrogens is 264 g/mol. The number of carbonyl (C=O) groups excluding carboxylic acids is 1. The molecule has 3 rings (SSSR count). The van der Waals surface area contributed by atoms with Crippen LogP contribution in [0.4, 0.5) is 5.69 Å². The average Bonchev–Trinajstić information content (AvgIpc) is 3.10. The minimum Gasteiger partial charge on any atom is -0.395 e. The summed E-state index contributed by atoms with van der Waals surface area (Å²) in [4.78, 5) is 14.3. The Bertz CT molecular complexity index is 461. The zero-order valence-corrected chi connectivity index (χ0v) is 11.6. The van der Waals surface area contributed by atoms with Crippen molar-refractivity contribution in [1.82, 2.24) is 14.7 Å². The van der Waals surface area contributed by atoms with Crippen LogP contribution >= 0.6 is 11.6 Å². The molecule has 0 spiro atoms. The Morgan fingerprint density at radius 3 is 2.74 bits per heavy atom. The van der Waals surface area contributed by atoms with Gasteiger partial charge in [0.1, 0.15) is 0 Å². The maximum absolute atomic E-state index is 12.3. The molecule has 2 fully saturated rings. The third-order valence-electron chi connectivity index (χ3n) is 4.27. The first-order valence-electron chi connectivity index (χ1n) is 6.94. The highest BCUT2D eigenvalue weighted by Crippen LogP contribution is 2.30. The third kappa shape index (κ3) is 2.43. The van der Waals surface area contributed by atoms with Crippen LogP contribution in [0.25, 0.3) is 0 Å². The van der Waals surface area contributed by atoms with Gasteiger partial charge in [-0.2, -0.15) is 5.10 Å². The van der Waals surface area contributed by atoms with Gasteiger partial charge < -0.3 is 10.6 Å². The molecule has 104 valence electrons. The summed E-state index contributed by atoms with van der Waals surface area (Å²) in [6.07, 6.45) is 7.19. The highest BCUT2D eigenvalue weighted by molar-refractivity contribution is 6.31. The van der Waals surface area contributed by atoms with E-state index in [-0.39, 0.29) is 12.0 Å². The molecule has 0 unspecified atom stereocenters. The highest BCUT2D eigenvalue weighted by atomic mass is 35.5. The van der Waals surface area contributed by atoms with Gasteiger partial charge in [-0.3, -0.25) is 9.48 Å². The van der Waals surface area contributed by atoms with Crippen LogP contribution < -0.4 is 5.73 Å². The summed E-state index contributed by atoms with van der Waals surface area (Å²) >= 11 is 5.87. The van der Waals surface area contributed by atoms with Crippen molar-refractivity contribution in [3.05, 3.63) is 11.3 Å². The lowest BCUT2D eigenvalue weighted by atomic mass is 10.1. The predicted molar refractivity (Wildman–Crippen MR) is 73.8 cm³/mol. The summed E-state index contributed by atoms with van der Waals surface area (Å²) in [5.41, 5.74) is 6.21. The van der Waals surface area contributed by atoms with Gasteiger partial charge in [0, 0.05) is 25.2 Å². The molecule has 19 heavy (non-hydrogen) atoms. The number of aromatic nitrogens is 2. The number of halogens is 1. The molecule has 6 heteroatoms. The Balaban J connectivity index is 1.65. The molecule has 1 aromatic heterocycles. The Morgan fingerprint density at radius 1 is 1.37 bits per heavy atom. The molecule has 1 aromatic rings. The number of hydrogen-bond acceptors (Lipinski definition) is 3. The SMILES string of the molecule is Nc1cn([C@H]2CCN(C(=O)C3CCCC3)C2)nc1Cl. The lowest BCUT2D eigenvalue weighted by Crippen LogP contribution is -2.33. The summed E-state index contributed by atoms with van der Waals surface area (Å²) in [5.74, 6) is 0.580. The van der Waals surface area contributed by atoms with Gasteiger partial charge in [-0.05, 0) is 19.3 Å². The molecule has 1 aliphatic carbocycles. The van der Waals surface area contributed by atoms with Crippen LogP contribution in [-0.2, 0) is 4.79 Å². The van der Waals surface area contributed by atoms with Gasteiger partial charge in [0.2, 0.25) is 5.91 Å². The van der Waals surface area contributed by atoms with Crippen molar-refractivity contribution in [1.29, 1.82) is 0 Å². The second-order valence-corrected chi connectivity index (χ2v) is 5.92.